The molecule has 0 aliphatic rings. The molecular formula is C12H24N4. The highest BCUT2D eigenvalue weighted by atomic mass is 15.1. The van der Waals surface area contributed by atoms with Gasteiger partial charge in [0.2, 0.25) is 0 Å². The molecule has 2 N–H and O–H groups in total. The molecule has 0 unspecified atom stereocenters. The van der Waals surface area contributed by atoms with Gasteiger partial charge in [-0.15, -0.1) is 0 Å². The standard InChI is InChI=1S/C12H24N4/c1-4-11(13)12-9-14-10-16(12)8-6-5-7-15(2)3/h9-11H,4-8,13H2,1-3H3/t11-/m1/s1. The zero-order valence-corrected chi connectivity index (χ0v) is 10.7. The van der Waals surface area contributed by atoms with Gasteiger partial charge in [0.25, 0.3) is 0 Å². The molecule has 0 bridgehead atoms. The number of hydrogen-bond donors (Lipinski definition) is 1. The molecule has 0 spiro atoms. The van der Waals surface area contributed by atoms with Crippen LogP contribution < -0.4 is 5.73 Å². The second-order valence-electron chi connectivity index (χ2n) is 4.54. The van der Waals surface area contributed by atoms with E-state index in [-0.39, 0.29) is 6.04 Å². The molecule has 16 heavy (non-hydrogen) atoms. The van der Waals surface area contributed by atoms with Crippen molar-refractivity contribution in [2.45, 2.75) is 38.8 Å². The van der Waals surface area contributed by atoms with Gasteiger partial charge in [-0.2, -0.15) is 0 Å². The molecule has 0 aliphatic heterocycles. The molecule has 0 fully saturated rings. The zero-order valence-electron chi connectivity index (χ0n) is 10.7. The van der Waals surface area contributed by atoms with Gasteiger partial charge in [0.1, 0.15) is 0 Å². The summed E-state index contributed by atoms with van der Waals surface area (Å²) in [5.41, 5.74) is 7.18. The van der Waals surface area contributed by atoms with E-state index in [1.54, 1.807) is 0 Å². The molecule has 1 rings (SSSR count). The largest absolute Gasteiger partial charge is 0.333 e. The van der Waals surface area contributed by atoms with Crippen LogP contribution in [0.3, 0.4) is 0 Å². The van der Waals surface area contributed by atoms with Crippen LogP contribution in [0.15, 0.2) is 12.5 Å². The van der Waals surface area contributed by atoms with Gasteiger partial charge in [0.05, 0.1) is 12.0 Å². The van der Waals surface area contributed by atoms with Crippen LogP contribution in [0.5, 0.6) is 0 Å². The van der Waals surface area contributed by atoms with Crippen LogP contribution in [0.25, 0.3) is 0 Å². The summed E-state index contributed by atoms with van der Waals surface area (Å²) in [6.45, 7) is 4.27. The van der Waals surface area contributed by atoms with Crippen LogP contribution in [0, 0.1) is 0 Å². The second-order valence-corrected chi connectivity index (χ2v) is 4.54. The fraction of sp³-hybridized carbons (Fsp3) is 0.750. The Bertz CT molecular complexity index is 293. The van der Waals surface area contributed by atoms with E-state index in [0.29, 0.717) is 0 Å². The number of aromatic nitrogens is 2. The topological polar surface area (TPSA) is 47.1 Å². The van der Waals surface area contributed by atoms with Crippen LogP contribution >= 0.6 is 0 Å². The fourth-order valence-electron chi connectivity index (χ4n) is 1.75. The zero-order chi connectivity index (χ0) is 12.0. The number of nitrogens with two attached hydrogens (primary N) is 1. The Hall–Kier alpha value is -0.870. The van der Waals surface area contributed by atoms with Crippen molar-refractivity contribution in [2.75, 3.05) is 20.6 Å². The minimum absolute atomic E-state index is 0.122. The first-order valence-electron chi connectivity index (χ1n) is 6.05. The van der Waals surface area contributed by atoms with Crippen molar-refractivity contribution in [1.82, 2.24) is 14.5 Å². The van der Waals surface area contributed by atoms with Crippen molar-refractivity contribution in [2.24, 2.45) is 5.73 Å². The Balaban J connectivity index is 2.39. The van der Waals surface area contributed by atoms with E-state index in [1.807, 2.05) is 12.5 Å². The lowest BCUT2D eigenvalue weighted by molar-refractivity contribution is 0.386. The maximum absolute atomic E-state index is 6.02. The lowest BCUT2D eigenvalue weighted by atomic mass is 10.2. The Labute approximate surface area is 98.5 Å². The molecule has 1 atom stereocenters. The molecule has 4 heteroatoms. The molecule has 92 valence electrons. The minimum Gasteiger partial charge on any atom is -0.333 e. The van der Waals surface area contributed by atoms with E-state index in [2.05, 4.69) is 35.5 Å². The van der Waals surface area contributed by atoms with Crippen LogP contribution in [0.2, 0.25) is 0 Å². The van der Waals surface area contributed by atoms with E-state index >= 15 is 0 Å². The first-order chi connectivity index (χ1) is 7.65. The van der Waals surface area contributed by atoms with Gasteiger partial charge >= 0.3 is 0 Å². The predicted molar refractivity (Wildman–Crippen MR) is 67.2 cm³/mol. The molecule has 1 aromatic rings. The third-order valence-corrected chi connectivity index (χ3v) is 2.82. The van der Waals surface area contributed by atoms with E-state index < -0.39 is 0 Å². The summed E-state index contributed by atoms with van der Waals surface area (Å²) < 4.78 is 2.18. The number of imidazole rings is 1. The minimum atomic E-state index is 0.122. The maximum atomic E-state index is 6.02. The maximum Gasteiger partial charge on any atom is 0.0948 e. The number of hydrogen-bond acceptors (Lipinski definition) is 3. The van der Waals surface area contributed by atoms with Crippen molar-refractivity contribution >= 4 is 0 Å². The summed E-state index contributed by atoms with van der Waals surface area (Å²) in [6.07, 6.45) is 7.13. The fourth-order valence-corrected chi connectivity index (χ4v) is 1.75. The molecular weight excluding hydrogens is 200 g/mol. The summed E-state index contributed by atoms with van der Waals surface area (Å²) in [7, 11) is 4.21. The highest BCUT2D eigenvalue weighted by molar-refractivity contribution is 5.04. The number of nitrogens with zero attached hydrogens (tertiary/aromatic N) is 3. The first-order valence-corrected chi connectivity index (χ1v) is 6.05. The SMILES string of the molecule is CC[C@@H](N)c1cncn1CCCCN(C)C. The molecule has 1 aromatic heterocycles. The Morgan fingerprint density at radius 3 is 2.81 bits per heavy atom. The first kappa shape index (κ1) is 13.2. The van der Waals surface area contributed by atoms with Gasteiger partial charge in [0, 0.05) is 18.8 Å². The second kappa shape index (κ2) is 6.66. The molecule has 0 radical (unpaired) electrons. The molecule has 0 amide bonds. The lowest BCUT2D eigenvalue weighted by Gasteiger charge is -2.13. The number of aryl methyl sites for hydroxylation is 1. The van der Waals surface area contributed by atoms with Crippen LogP contribution in [-0.4, -0.2) is 35.1 Å². The van der Waals surface area contributed by atoms with E-state index in [4.69, 9.17) is 5.73 Å². The predicted octanol–water partition coefficient (Wildman–Crippen LogP) is 1.63. The highest BCUT2D eigenvalue weighted by Crippen LogP contribution is 2.13. The van der Waals surface area contributed by atoms with Gasteiger partial charge < -0.3 is 15.2 Å². The third kappa shape index (κ3) is 3.94. The third-order valence-electron chi connectivity index (χ3n) is 2.82. The van der Waals surface area contributed by atoms with Crippen molar-refractivity contribution < 1.29 is 0 Å². The molecule has 0 saturated carbocycles. The Morgan fingerprint density at radius 1 is 1.44 bits per heavy atom. The Kier molecular flexibility index (Phi) is 5.49. The van der Waals surface area contributed by atoms with Crippen molar-refractivity contribution in [3.8, 4) is 0 Å². The highest BCUT2D eigenvalue weighted by Gasteiger charge is 2.08. The summed E-state index contributed by atoms with van der Waals surface area (Å²) in [5.74, 6) is 0. The normalized spacial score (nSPS) is 13.3. The van der Waals surface area contributed by atoms with Gasteiger partial charge in [0.15, 0.2) is 0 Å². The molecule has 0 aliphatic carbocycles. The lowest BCUT2D eigenvalue weighted by Crippen LogP contribution is -2.16. The average molecular weight is 224 g/mol. The van der Waals surface area contributed by atoms with Gasteiger partial charge in [-0.3, -0.25) is 0 Å². The van der Waals surface area contributed by atoms with Crippen LogP contribution in [-0.2, 0) is 6.54 Å². The summed E-state index contributed by atoms with van der Waals surface area (Å²) in [5, 5.41) is 0. The molecule has 0 aromatic carbocycles. The summed E-state index contributed by atoms with van der Waals surface area (Å²) in [4.78, 5) is 6.39. The molecule has 1 heterocycles. The Morgan fingerprint density at radius 2 is 2.19 bits per heavy atom. The molecule has 0 saturated heterocycles. The average Bonchev–Trinajstić information content (AvgIpc) is 2.71. The van der Waals surface area contributed by atoms with Crippen LogP contribution in [0.1, 0.15) is 37.9 Å². The van der Waals surface area contributed by atoms with Crippen molar-refractivity contribution in [1.29, 1.82) is 0 Å². The van der Waals surface area contributed by atoms with E-state index in [9.17, 15) is 0 Å². The van der Waals surface area contributed by atoms with Crippen molar-refractivity contribution in [3.63, 3.8) is 0 Å². The number of rotatable bonds is 7. The number of unbranched alkanes of at least 4 members (excludes halogenated alkanes) is 1. The molecule has 4 nitrogen and oxygen atoms in total. The summed E-state index contributed by atoms with van der Waals surface area (Å²) in [6, 6.07) is 0.122. The quantitative estimate of drug-likeness (QED) is 0.716. The van der Waals surface area contributed by atoms with Crippen molar-refractivity contribution in [3.05, 3.63) is 18.2 Å². The monoisotopic (exact) mass is 224 g/mol. The van der Waals surface area contributed by atoms with E-state index in [1.165, 1.54) is 12.8 Å². The smallest absolute Gasteiger partial charge is 0.0948 e. The van der Waals surface area contributed by atoms with Gasteiger partial charge in [-0.25, -0.2) is 4.98 Å². The van der Waals surface area contributed by atoms with E-state index in [0.717, 1.165) is 25.2 Å². The van der Waals surface area contributed by atoms with Gasteiger partial charge in [-0.05, 0) is 39.9 Å². The van der Waals surface area contributed by atoms with Gasteiger partial charge in [-0.1, -0.05) is 6.92 Å². The summed E-state index contributed by atoms with van der Waals surface area (Å²) >= 11 is 0. The van der Waals surface area contributed by atoms with Crippen LogP contribution in [0.4, 0.5) is 0 Å².